The van der Waals surface area contributed by atoms with E-state index in [0.29, 0.717) is 23.6 Å². The summed E-state index contributed by atoms with van der Waals surface area (Å²) in [6, 6.07) is 8.88. The van der Waals surface area contributed by atoms with Crippen molar-refractivity contribution in [3.05, 3.63) is 63.0 Å². The fraction of sp³-hybridized carbons (Fsp3) is 0.267. The summed E-state index contributed by atoms with van der Waals surface area (Å²) < 4.78 is 1.35. The molecule has 0 spiro atoms. The molecule has 0 saturated heterocycles. The van der Waals surface area contributed by atoms with Crippen LogP contribution in [0.2, 0.25) is 5.02 Å². The van der Waals surface area contributed by atoms with Crippen LogP contribution in [0.15, 0.2) is 41.3 Å². The summed E-state index contributed by atoms with van der Waals surface area (Å²) in [4.78, 5) is 23.3. The second-order valence-electron chi connectivity index (χ2n) is 4.53. The average Bonchev–Trinajstić information content (AvgIpc) is 2.44. The molecule has 0 fully saturated rings. The summed E-state index contributed by atoms with van der Waals surface area (Å²) >= 11 is 5.92. The van der Waals surface area contributed by atoms with E-state index in [-0.39, 0.29) is 11.5 Å². The van der Waals surface area contributed by atoms with Crippen LogP contribution in [0.3, 0.4) is 0 Å². The van der Waals surface area contributed by atoms with Crippen molar-refractivity contribution in [2.24, 2.45) is 0 Å². The molecule has 1 aromatic heterocycles. The number of carbonyl (C=O) groups is 1. The molecule has 1 heterocycles. The molecule has 5 heteroatoms. The zero-order chi connectivity index (χ0) is 14.5. The molecule has 1 atom stereocenters. The fourth-order valence-corrected chi connectivity index (χ4v) is 2.27. The van der Waals surface area contributed by atoms with E-state index in [0.717, 1.165) is 11.8 Å². The number of benzene rings is 1. The van der Waals surface area contributed by atoms with Crippen molar-refractivity contribution in [2.45, 2.75) is 25.8 Å². The number of hydrogen-bond donors (Lipinski definition) is 0. The van der Waals surface area contributed by atoms with Crippen LogP contribution < -0.4 is 5.56 Å². The van der Waals surface area contributed by atoms with Crippen LogP contribution in [-0.2, 0) is 11.3 Å². The molecular weight excluding hydrogens is 276 g/mol. The molecule has 20 heavy (non-hydrogen) atoms. The van der Waals surface area contributed by atoms with Gasteiger partial charge in [-0.2, -0.15) is 5.10 Å². The number of aromatic nitrogens is 2. The zero-order valence-corrected chi connectivity index (χ0v) is 11.9. The Hall–Kier alpha value is -1.94. The lowest BCUT2D eigenvalue weighted by Gasteiger charge is -2.10. The van der Waals surface area contributed by atoms with Crippen LogP contribution in [0, 0.1) is 0 Å². The Balaban J connectivity index is 2.36. The van der Waals surface area contributed by atoms with E-state index in [9.17, 15) is 9.59 Å². The fourth-order valence-electron chi connectivity index (χ4n) is 2.06. The maximum Gasteiger partial charge on any atom is 0.270 e. The molecule has 0 bridgehead atoms. The van der Waals surface area contributed by atoms with Crippen LogP contribution in [0.1, 0.15) is 30.4 Å². The van der Waals surface area contributed by atoms with E-state index in [2.05, 4.69) is 5.10 Å². The SMILES string of the molecule is CCC(C=O)c1ccnn(Cc2cccc(Cl)c2)c1=O. The van der Waals surface area contributed by atoms with Gasteiger partial charge in [-0.3, -0.25) is 4.79 Å². The van der Waals surface area contributed by atoms with Gasteiger partial charge >= 0.3 is 0 Å². The van der Waals surface area contributed by atoms with Gasteiger partial charge in [-0.1, -0.05) is 30.7 Å². The molecule has 0 saturated carbocycles. The lowest BCUT2D eigenvalue weighted by atomic mass is 10.0. The van der Waals surface area contributed by atoms with Crippen LogP contribution in [0.4, 0.5) is 0 Å². The van der Waals surface area contributed by atoms with Gasteiger partial charge in [-0.05, 0) is 30.2 Å². The predicted molar refractivity (Wildman–Crippen MR) is 78.1 cm³/mol. The maximum absolute atomic E-state index is 12.3. The zero-order valence-electron chi connectivity index (χ0n) is 11.1. The number of hydrogen-bond acceptors (Lipinski definition) is 3. The molecule has 0 aliphatic carbocycles. The van der Waals surface area contributed by atoms with E-state index in [1.807, 2.05) is 19.1 Å². The number of rotatable bonds is 5. The minimum atomic E-state index is -0.379. The van der Waals surface area contributed by atoms with Crippen molar-refractivity contribution in [1.82, 2.24) is 9.78 Å². The lowest BCUT2D eigenvalue weighted by Crippen LogP contribution is -2.28. The summed E-state index contributed by atoms with van der Waals surface area (Å²) in [5.41, 5.74) is 1.15. The van der Waals surface area contributed by atoms with Gasteiger partial charge in [0.2, 0.25) is 0 Å². The first-order valence-corrected chi connectivity index (χ1v) is 6.79. The standard InChI is InChI=1S/C15H15ClN2O2/c1-2-12(10-19)14-6-7-17-18(15(14)20)9-11-4-3-5-13(16)8-11/h3-8,10,12H,2,9H2,1H3. The summed E-state index contributed by atoms with van der Waals surface area (Å²) in [5.74, 6) is -0.379. The first-order chi connectivity index (χ1) is 9.65. The van der Waals surface area contributed by atoms with Crippen LogP contribution >= 0.6 is 11.6 Å². The highest BCUT2D eigenvalue weighted by Crippen LogP contribution is 2.13. The summed E-state index contributed by atoms with van der Waals surface area (Å²) in [6.45, 7) is 2.21. The third-order valence-electron chi connectivity index (χ3n) is 3.17. The topological polar surface area (TPSA) is 52.0 Å². The minimum absolute atomic E-state index is 0.230. The second-order valence-corrected chi connectivity index (χ2v) is 4.97. The number of nitrogens with zero attached hydrogens (tertiary/aromatic N) is 2. The molecular formula is C15H15ClN2O2. The summed E-state index contributed by atoms with van der Waals surface area (Å²) in [7, 11) is 0. The quantitative estimate of drug-likeness (QED) is 0.796. The Bertz CT molecular complexity index is 667. The molecule has 0 aliphatic rings. The molecule has 2 aromatic rings. The van der Waals surface area contributed by atoms with E-state index in [1.54, 1.807) is 24.4 Å². The molecule has 0 radical (unpaired) electrons. The first kappa shape index (κ1) is 14.5. The van der Waals surface area contributed by atoms with Gasteiger partial charge in [-0.15, -0.1) is 0 Å². The monoisotopic (exact) mass is 290 g/mol. The minimum Gasteiger partial charge on any atom is -0.303 e. The summed E-state index contributed by atoms with van der Waals surface area (Å²) in [5, 5.41) is 4.68. The van der Waals surface area contributed by atoms with Gasteiger partial charge in [0.1, 0.15) is 6.29 Å². The van der Waals surface area contributed by atoms with Gasteiger partial charge < -0.3 is 4.79 Å². The van der Waals surface area contributed by atoms with Crippen molar-refractivity contribution in [1.29, 1.82) is 0 Å². The Morgan fingerprint density at radius 1 is 1.40 bits per heavy atom. The maximum atomic E-state index is 12.3. The lowest BCUT2D eigenvalue weighted by molar-refractivity contribution is -0.109. The molecule has 0 N–H and O–H groups in total. The number of carbonyl (C=O) groups excluding carboxylic acids is 1. The van der Waals surface area contributed by atoms with E-state index in [4.69, 9.17) is 11.6 Å². The molecule has 1 aromatic carbocycles. The number of aldehydes is 1. The molecule has 4 nitrogen and oxygen atoms in total. The van der Waals surface area contributed by atoms with Crippen molar-refractivity contribution in [3.63, 3.8) is 0 Å². The predicted octanol–water partition coefficient (Wildman–Crippen LogP) is 2.64. The smallest absolute Gasteiger partial charge is 0.270 e. The Kier molecular flexibility index (Phi) is 4.69. The van der Waals surface area contributed by atoms with Gasteiger partial charge in [0.25, 0.3) is 5.56 Å². The van der Waals surface area contributed by atoms with Crippen molar-refractivity contribution in [2.75, 3.05) is 0 Å². The van der Waals surface area contributed by atoms with E-state index in [1.165, 1.54) is 4.68 Å². The van der Waals surface area contributed by atoms with E-state index >= 15 is 0 Å². The Morgan fingerprint density at radius 2 is 2.20 bits per heavy atom. The van der Waals surface area contributed by atoms with Gasteiger partial charge in [0.15, 0.2) is 0 Å². The van der Waals surface area contributed by atoms with Crippen molar-refractivity contribution in [3.8, 4) is 0 Å². The van der Waals surface area contributed by atoms with Crippen molar-refractivity contribution >= 4 is 17.9 Å². The first-order valence-electron chi connectivity index (χ1n) is 6.41. The third-order valence-corrected chi connectivity index (χ3v) is 3.40. The average molecular weight is 291 g/mol. The van der Waals surface area contributed by atoms with Crippen LogP contribution in [-0.4, -0.2) is 16.1 Å². The molecule has 1 unspecified atom stereocenters. The van der Waals surface area contributed by atoms with Gasteiger partial charge in [0.05, 0.1) is 6.54 Å². The molecule has 104 valence electrons. The normalized spacial score (nSPS) is 12.1. The summed E-state index contributed by atoms with van der Waals surface area (Å²) in [6.07, 6.45) is 2.95. The Labute approximate surface area is 122 Å². The van der Waals surface area contributed by atoms with Crippen LogP contribution in [0.5, 0.6) is 0 Å². The second kappa shape index (κ2) is 6.48. The van der Waals surface area contributed by atoms with Crippen LogP contribution in [0.25, 0.3) is 0 Å². The number of halogens is 1. The molecule has 0 aliphatic heterocycles. The third kappa shape index (κ3) is 3.14. The molecule has 2 rings (SSSR count). The van der Waals surface area contributed by atoms with E-state index < -0.39 is 0 Å². The molecule has 0 amide bonds. The highest BCUT2D eigenvalue weighted by molar-refractivity contribution is 6.30. The van der Waals surface area contributed by atoms with Gasteiger partial charge in [-0.25, -0.2) is 4.68 Å². The highest BCUT2D eigenvalue weighted by Gasteiger charge is 2.14. The highest BCUT2D eigenvalue weighted by atomic mass is 35.5. The largest absolute Gasteiger partial charge is 0.303 e. The van der Waals surface area contributed by atoms with Crippen molar-refractivity contribution < 1.29 is 4.79 Å². The Morgan fingerprint density at radius 3 is 2.85 bits per heavy atom. The van der Waals surface area contributed by atoms with Gasteiger partial charge in [0, 0.05) is 22.7 Å².